The summed E-state index contributed by atoms with van der Waals surface area (Å²) < 4.78 is 49.5. The van der Waals surface area contributed by atoms with E-state index in [1.807, 2.05) is 0 Å². The average molecular weight is 358 g/mol. The van der Waals surface area contributed by atoms with Crippen molar-refractivity contribution in [2.75, 3.05) is 6.54 Å². The number of halogens is 3. The molecule has 3 atom stereocenters. The summed E-state index contributed by atoms with van der Waals surface area (Å²) in [6, 6.07) is 1.60. The first-order chi connectivity index (χ1) is 11.5. The van der Waals surface area contributed by atoms with Gasteiger partial charge in [-0.2, -0.15) is 13.2 Å². The van der Waals surface area contributed by atoms with Gasteiger partial charge in [-0.1, -0.05) is 0 Å². The Bertz CT molecular complexity index is 657. The van der Waals surface area contributed by atoms with Gasteiger partial charge in [-0.25, -0.2) is 9.78 Å². The van der Waals surface area contributed by atoms with Gasteiger partial charge in [0.2, 0.25) is 5.88 Å². The van der Waals surface area contributed by atoms with Gasteiger partial charge in [-0.3, -0.25) is 0 Å². The van der Waals surface area contributed by atoms with Crippen molar-refractivity contribution in [3.8, 4) is 5.88 Å². The van der Waals surface area contributed by atoms with Crippen molar-refractivity contribution in [3.63, 3.8) is 0 Å². The van der Waals surface area contributed by atoms with Gasteiger partial charge in [-0.05, 0) is 45.6 Å². The number of ether oxygens (including phenoxy) is 2. The molecule has 1 saturated heterocycles. The van der Waals surface area contributed by atoms with Crippen LogP contribution in [-0.2, 0) is 10.9 Å². The molecule has 1 aromatic heterocycles. The summed E-state index contributed by atoms with van der Waals surface area (Å²) in [5.74, 6) is 0.199. The SMILES string of the molecule is CC(C)(C)OC(=O)N1CC2CC(Oc3cc(C(F)(F)F)ccn3)C1C2. The van der Waals surface area contributed by atoms with Crippen LogP contribution in [0.1, 0.15) is 39.2 Å². The molecule has 5 nitrogen and oxygen atoms in total. The highest BCUT2D eigenvalue weighted by Gasteiger charge is 2.49. The Kier molecular flexibility index (Phi) is 4.33. The largest absolute Gasteiger partial charge is 0.472 e. The zero-order valence-corrected chi connectivity index (χ0v) is 14.3. The molecule has 0 radical (unpaired) electrons. The van der Waals surface area contributed by atoms with Crippen molar-refractivity contribution >= 4 is 6.09 Å². The molecular weight excluding hydrogens is 337 g/mol. The minimum absolute atomic E-state index is 0.0727. The fourth-order valence-electron chi connectivity index (χ4n) is 3.43. The smallest absolute Gasteiger partial charge is 0.416 e. The molecule has 0 N–H and O–H groups in total. The lowest BCUT2D eigenvalue weighted by atomic mass is 10.1. The monoisotopic (exact) mass is 358 g/mol. The number of alkyl halides is 3. The molecule has 3 rings (SSSR count). The molecule has 0 spiro atoms. The number of likely N-dealkylation sites (tertiary alicyclic amines) is 1. The third-order valence-corrected chi connectivity index (χ3v) is 4.39. The van der Waals surface area contributed by atoms with E-state index >= 15 is 0 Å². The molecule has 2 aliphatic rings. The average Bonchev–Trinajstić information content (AvgIpc) is 3.05. The quantitative estimate of drug-likeness (QED) is 0.805. The molecule has 1 saturated carbocycles. The topological polar surface area (TPSA) is 51.7 Å². The van der Waals surface area contributed by atoms with Gasteiger partial charge < -0.3 is 14.4 Å². The third kappa shape index (κ3) is 3.99. The molecule has 138 valence electrons. The Hall–Kier alpha value is -1.99. The first-order valence-corrected chi connectivity index (χ1v) is 8.22. The second-order valence-electron chi connectivity index (χ2n) is 7.57. The molecule has 0 aromatic carbocycles. The number of nitrogens with zero attached hydrogens (tertiary/aromatic N) is 2. The number of carbonyl (C=O) groups excluding carboxylic acids is 1. The van der Waals surface area contributed by atoms with Gasteiger partial charge in [0.25, 0.3) is 0 Å². The van der Waals surface area contributed by atoms with Gasteiger partial charge in [0.1, 0.15) is 11.7 Å². The molecular formula is C17H21F3N2O3. The van der Waals surface area contributed by atoms with Crippen LogP contribution in [0, 0.1) is 5.92 Å². The molecule has 2 bridgehead atoms. The summed E-state index contributed by atoms with van der Waals surface area (Å²) >= 11 is 0. The normalized spacial score (nSPS) is 26.0. The highest BCUT2D eigenvalue weighted by Crippen LogP contribution is 2.40. The zero-order valence-electron chi connectivity index (χ0n) is 14.3. The molecule has 1 aliphatic carbocycles. The van der Waals surface area contributed by atoms with Crippen LogP contribution in [0.15, 0.2) is 18.3 Å². The van der Waals surface area contributed by atoms with Gasteiger partial charge in [-0.15, -0.1) is 0 Å². The van der Waals surface area contributed by atoms with Gasteiger partial charge in [0.05, 0.1) is 11.6 Å². The van der Waals surface area contributed by atoms with Gasteiger partial charge in [0, 0.05) is 18.8 Å². The number of rotatable bonds is 2. The van der Waals surface area contributed by atoms with E-state index in [-0.39, 0.29) is 23.9 Å². The van der Waals surface area contributed by atoms with Crippen molar-refractivity contribution in [2.24, 2.45) is 5.92 Å². The summed E-state index contributed by atoms with van der Waals surface area (Å²) in [6.45, 7) is 5.97. The Labute approximate surface area is 144 Å². The number of hydrogen-bond donors (Lipinski definition) is 0. The van der Waals surface area contributed by atoms with Crippen LogP contribution in [-0.4, -0.2) is 40.3 Å². The minimum Gasteiger partial charge on any atom is -0.472 e. The fourth-order valence-corrected chi connectivity index (χ4v) is 3.43. The summed E-state index contributed by atoms with van der Waals surface area (Å²) in [6.07, 6.45) is -2.69. The van der Waals surface area contributed by atoms with E-state index in [9.17, 15) is 18.0 Å². The minimum atomic E-state index is -4.45. The van der Waals surface area contributed by atoms with Crippen molar-refractivity contribution in [1.82, 2.24) is 9.88 Å². The first-order valence-electron chi connectivity index (χ1n) is 8.22. The molecule has 3 unspecified atom stereocenters. The van der Waals surface area contributed by atoms with Crippen LogP contribution in [0.4, 0.5) is 18.0 Å². The number of hydrogen-bond acceptors (Lipinski definition) is 4. The van der Waals surface area contributed by atoms with Crippen molar-refractivity contribution < 1.29 is 27.4 Å². The predicted molar refractivity (Wildman–Crippen MR) is 83.1 cm³/mol. The van der Waals surface area contributed by atoms with E-state index in [1.54, 1.807) is 25.7 Å². The van der Waals surface area contributed by atoms with Crippen LogP contribution < -0.4 is 4.74 Å². The van der Waals surface area contributed by atoms with E-state index in [0.29, 0.717) is 13.0 Å². The van der Waals surface area contributed by atoms with Crippen LogP contribution in [0.2, 0.25) is 0 Å². The van der Waals surface area contributed by atoms with Gasteiger partial charge >= 0.3 is 12.3 Å². The zero-order chi connectivity index (χ0) is 18.4. The maximum absolute atomic E-state index is 12.8. The summed E-state index contributed by atoms with van der Waals surface area (Å²) in [5.41, 5.74) is -1.40. The second kappa shape index (κ2) is 6.07. The fraction of sp³-hybridized carbons (Fsp3) is 0.647. The number of aromatic nitrogens is 1. The maximum Gasteiger partial charge on any atom is 0.416 e. The number of amides is 1. The lowest BCUT2D eigenvalue weighted by Crippen LogP contribution is -2.48. The first kappa shape index (κ1) is 17.8. The molecule has 25 heavy (non-hydrogen) atoms. The maximum atomic E-state index is 12.8. The molecule has 2 heterocycles. The number of piperidine rings is 1. The molecule has 1 amide bonds. The lowest BCUT2D eigenvalue weighted by molar-refractivity contribution is -0.137. The van der Waals surface area contributed by atoms with E-state index in [4.69, 9.17) is 9.47 Å². The Morgan fingerprint density at radius 1 is 1.28 bits per heavy atom. The van der Waals surface area contributed by atoms with E-state index in [1.165, 1.54) is 0 Å². The molecule has 2 fully saturated rings. The summed E-state index contributed by atoms with van der Waals surface area (Å²) in [4.78, 5) is 17.8. The van der Waals surface area contributed by atoms with Crippen molar-refractivity contribution in [1.29, 1.82) is 0 Å². The molecule has 8 heteroatoms. The number of fused-ring (bicyclic) bond motifs is 2. The number of carbonyl (C=O) groups is 1. The molecule has 1 aromatic rings. The van der Waals surface area contributed by atoms with Crippen LogP contribution >= 0.6 is 0 Å². The Balaban J connectivity index is 1.70. The number of pyridine rings is 1. The highest BCUT2D eigenvalue weighted by molar-refractivity contribution is 5.69. The summed E-state index contributed by atoms with van der Waals surface area (Å²) in [7, 11) is 0. The molecule has 1 aliphatic heterocycles. The van der Waals surface area contributed by atoms with Crippen LogP contribution in [0.5, 0.6) is 5.88 Å². The second-order valence-corrected chi connectivity index (χ2v) is 7.57. The van der Waals surface area contributed by atoms with Crippen LogP contribution in [0.25, 0.3) is 0 Å². The van der Waals surface area contributed by atoms with Crippen molar-refractivity contribution in [3.05, 3.63) is 23.9 Å². The van der Waals surface area contributed by atoms with E-state index in [0.717, 1.165) is 24.8 Å². The van der Waals surface area contributed by atoms with E-state index in [2.05, 4.69) is 4.98 Å². The van der Waals surface area contributed by atoms with Crippen LogP contribution in [0.3, 0.4) is 0 Å². The van der Waals surface area contributed by atoms with Crippen molar-refractivity contribution in [2.45, 2.75) is 57.5 Å². The Morgan fingerprint density at radius 2 is 2.00 bits per heavy atom. The highest BCUT2D eigenvalue weighted by atomic mass is 19.4. The standard InChI is InChI=1S/C17H21F3N2O3/c1-16(2,3)25-15(23)22-9-10-6-12(22)13(7-10)24-14-8-11(4-5-21-14)17(18,19)20/h4-5,8,10,12-13H,6-7,9H2,1-3H3. The predicted octanol–water partition coefficient (Wildman–Crippen LogP) is 3.88. The summed E-state index contributed by atoms with van der Waals surface area (Å²) in [5, 5.41) is 0. The van der Waals surface area contributed by atoms with E-state index < -0.39 is 23.4 Å². The lowest BCUT2D eigenvalue weighted by Gasteiger charge is -2.34. The Morgan fingerprint density at radius 3 is 2.60 bits per heavy atom. The van der Waals surface area contributed by atoms with Gasteiger partial charge in [0.15, 0.2) is 0 Å². The third-order valence-electron chi connectivity index (χ3n) is 4.39.